The molecule has 0 aliphatic rings. The Labute approximate surface area is 336 Å². The lowest BCUT2D eigenvalue weighted by atomic mass is 9.99. The quantitative estimate of drug-likeness (QED) is 0.0350. The van der Waals surface area contributed by atoms with Gasteiger partial charge in [-0.15, -0.1) is 0 Å². The monoisotopic (exact) mass is 765 g/mol. The van der Waals surface area contributed by atoms with Crippen molar-refractivity contribution >= 4 is 17.9 Å². The van der Waals surface area contributed by atoms with Crippen molar-refractivity contribution in [3.05, 3.63) is 0 Å². The van der Waals surface area contributed by atoms with Gasteiger partial charge in [-0.25, -0.2) is 0 Å². The summed E-state index contributed by atoms with van der Waals surface area (Å²) >= 11 is 0. The second-order valence-electron chi connectivity index (χ2n) is 17.1. The lowest BCUT2D eigenvalue weighted by Crippen LogP contribution is -2.30. The van der Waals surface area contributed by atoms with Crippen LogP contribution in [0, 0.1) is 11.8 Å². The highest BCUT2D eigenvalue weighted by Crippen LogP contribution is 2.17. The maximum atomic E-state index is 12.7. The number of unbranched alkanes of at least 4 members (excludes halogenated alkanes) is 26. The van der Waals surface area contributed by atoms with Gasteiger partial charge < -0.3 is 14.2 Å². The van der Waals surface area contributed by atoms with Crippen molar-refractivity contribution in [1.82, 2.24) is 0 Å². The van der Waals surface area contributed by atoms with Gasteiger partial charge in [0.2, 0.25) is 0 Å². The van der Waals surface area contributed by atoms with Crippen LogP contribution in [0.2, 0.25) is 0 Å². The summed E-state index contributed by atoms with van der Waals surface area (Å²) in [7, 11) is 0. The molecule has 0 fully saturated rings. The first-order valence-electron chi connectivity index (χ1n) is 23.8. The van der Waals surface area contributed by atoms with E-state index in [4.69, 9.17) is 14.2 Å². The molecular formula is C48H92O6. The summed E-state index contributed by atoms with van der Waals surface area (Å²) in [6.45, 7) is 11.3. The van der Waals surface area contributed by atoms with Crippen molar-refractivity contribution in [1.29, 1.82) is 0 Å². The number of hydrogen-bond acceptors (Lipinski definition) is 6. The fourth-order valence-electron chi connectivity index (χ4n) is 7.07. The minimum absolute atomic E-state index is 0.0648. The molecule has 2 atom stereocenters. The first-order chi connectivity index (χ1) is 26.3. The van der Waals surface area contributed by atoms with Gasteiger partial charge in [-0.05, 0) is 31.1 Å². The molecule has 0 saturated heterocycles. The minimum Gasteiger partial charge on any atom is -0.462 e. The zero-order valence-electron chi connectivity index (χ0n) is 36.8. The molecule has 0 amide bonds. The summed E-state index contributed by atoms with van der Waals surface area (Å²) in [5.41, 5.74) is 0. The Morgan fingerprint density at radius 1 is 0.389 bits per heavy atom. The normalized spacial score (nSPS) is 12.6. The van der Waals surface area contributed by atoms with Gasteiger partial charge >= 0.3 is 17.9 Å². The lowest BCUT2D eigenvalue weighted by molar-refractivity contribution is -0.167. The van der Waals surface area contributed by atoms with Crippen LogP contribution in [-0.2, 0) is 28.6 Å². The number of rotatable bonds is 42. The van der Waals surface area contributed by atoms with E-state index in [0.29, 0.717) is 19.3 Å². The molecule has 0 aromatic rings. The smallest absolute Gasteiger partial charge is 0.306 e. The van der Waals surface area contributed by atoms with E-state index in [-0.39, 0.29) is 31.1 Å². The Balaban J connectivity index is 4.29. The third-order valence-electron chi connectivity index (χ3n) is 11.1. The predicted octanol–water partition coefficient (Wildman–Crippen LogP) is 15.0. The van der Waals surface area contributed by atoms with E-state index in [1.165, 1.54) is 148 Å². The van der Waals surface area contributed by atoms with Crippen molar-refractivity contribution < 1.29 is 28.6 Å². The molecule has 0 aliphatic carbocycles. The Morgan fingerprint density at radius 3 is 1.06 bits per heavy atom. The van der Waals surface area contributed by atoms with Gasteiger partial charge in [-0.2, -0.15) is 0 Å². The summed E-state index contributed by atoms with van der Waals surface area (Å²) in [4.78, 5) is 37.7. The van der Waals surface area contributed by atoms with E-state index in [0.717, 1.165) is 69.6 Å². The van der Waals surface area contributed by atoms with Gasteiger partial charge in [0.05, 0.1) is 0 Å². The van der Waals surface area contributed by atoms with Crippen LogP contribution in [-0.4, -0.2) is 37.2 Å². The predicted molar refractivity (Wildman–Crippen MR) is 229 cm³/mol. The van der Waals surface area contributed by atoms with Crippen LogP contribution in [0.15, 0.2) is 0 Å². The minimum atomic E-state index is -0.760. The molecule has 0 heterocycles. The fraction of sp³-hybridized carbons (Fsp3) is 0.938. The molecular weight excluding hydrogens is 673 g/mol. The molecule has 0 bridgehead atoms. The van der Waals surface area contributed by atoms with Crippen molar-refractivity contribution in [2.75, 3.05) is 13.2 Å². The molecule has 54 heavy (non-hydrogen) atoms. The first-order valence-corrected chi connectivity index (χ1v) is 23.8. The van der Waals surface area contributed by atoms with Gasteiger partial charge in [0.25, 0.3) is 0 Å². The Bertz CT molecular complexity index is 826. The van der Waals surface area contributed by atoms with E-state index >= 15 is 0 Å². The zero-order chi connectivity index (χ0) is 39.7. The van der Waals surface area contributed by atoms with E-state index in [2.05, 4.69) is 34.6 Å². The molecule has 6 nitrogen and oxygen atoms in total. The summed E-state index contributed by atoms with van der Waals surface area (Å²) in [6, 6.07) is 0. The molecule has 0 aromatic heterocycles. The molecule has 1 unspecified atom stereocenters. The van der Waals surface area contributed by atoms with Crippen LogP contribution in [0.4, 0.5) is 0 Å². The van der Waals surface area contributed by atoms with Gasteiger partial charge in [-0.1, -0.05) is 221 Å². The van der Waals surface area contributed by atoms with E-state index in [9.17, 15) is 14.4 Å². The standard InChI is InChI=1S/C48H92O6/c1-6-8-9-10-11-16-25-30-35-40-48(51)54-45(41-52-46(49)38-33-28-23-19-14-12-17-21-26-31-36-43(3)4)42-53-47(50)39-34-29-24-20-15-13-18-22-27-32-37-44(5)7-2/h43-45H,6-42H2,1-5H3/t44?,45-/m1/s1. The summed E-state index contributed by atoms with van der Waals surface area (Å²) in [5.74, 6) is 0.831. The average Bonchev–Trinajstić information content (AvgIpc) is 3.15. The maximum absolute atomic E-state index is 12.7. The number of carbonyl (C=O) groups is 3. The molecule has 320 valence electrons. The Hall–Kier alpha value is -1.59. The molecule has 0 aliphatic heterocycles. The number of ether oxygens (including phenoxy) is 3. The van der Waals surface area contributed by atoms with Crippen molar-refractivity contribution in [3.63, 3.8) is 0 Å². The number of esters is 3. The average molecular weight is 765 g/mol. The third-order valence-corrected chi connectivity index (χ3v) is 11.1. The van der Waals surface area contributed by atoms with Crippen LogP contribution >= 0.6 is 0 Å². The SMILES string of the molecule is CCCCCCCCCCCC(=O)O[C@H](COC(=O)CCCCCCCCCCCCC(C)C)COC(=O)CCCCCCCCCCCCC(C)CC. The fourth-order valence-corrected chi connectivity index (χ4v) is 7.07. The van der Waals surface area contributed by atoms with Crippen LogP contribution in [0.25, 0.3) is 0 Å². The molecule has 0 aromatic carbocycles. The molecule has 0 spiro atoms. The van der Waals surface area contributed by atoms with E-state index < -0.39 is 6.10 Å². The van der Waals surface area contributed by atoms with Gasteiger partial charge in [0, 0.05) is 19.3 Å². The van der Waals surface area contributed by atoms with Crippen LogP contribution in [0.3, 0.4) is 0 Å². The lowest BCUT2D eigenvalue weighted by Gasteiger charge is -2.18. The van der Waals surface area contributed by atoms with Gasteiger partial charge in [0.1, 0.15) is 13.2 Å². The zero-order valence-corrected chi connectivity index (χ0v) is 36.8. The number of carbonyl (C=O) groups excluding carboxylic acids is 3. The number of hydrogen-bond donors (Lipinski definition) is 0. The topological polar surface area (TPSA) is 78.9 Å². The highest BCUT2D eigenvalue weighted by Gasteiger charge is 2.19. The molecule has 6 heteroatoms. The first kappa shape index (κ1) is 52.4. The van der Waals surface area contributed by atoms with Crippen molar-refractivity contribution in [2.45, 2.75) is 265 Å². The Morgan fingerprint density at radius 2 is 0.704 bits per heavy atom. The highest BCUT2D eigenvalue weighted by molar-refractivity contribution is 5.71. The summed E-state index contributed by atoms with van der Waals surface area (Å²) in [6.07, 6.45) is 39.4. The van der Waals surface area contributed by atoms with Gasteiger partial charge in [0.15, 0.2) is 6.10 Å². The van der Waals surface area contributed by atoms with Crippen LogP contribution in [0.5, 0.6) is 0 Å². The molecule has 0 saturated carbocycles. The Kier molecular flexibility index (Phi) is 39.8. The maximum Gasteiger partial charge on any atom is 0.306 e. The van der Waals surface area contributed by atoms with Crippen LogP contribution < -0.4 is 0 Å². The second kappa shape index (κ2) is 41.1. The van der Waals surface area contributed by atoms with Crippen molar-refractivity contribution in [3.8, 4) is 0 Å². The summed E-state index contributed by atoms with van der Waals surface area (Å²) in [5, 5.41) is 0. The van der Waals surface area contributed by atoms with Gasteiger partial charge in [-0.3, -0.25) is 14.4 Å². The van der Waals surface area contributed by atoms with E-state index in [1.807, 2.05) is 0 Å². The third kappa shape index (κ3) is 40.1. The van der Waals surface area contributed by atoms with Crippen LogP contribution in [0.1, 0.15) is 259 Å². The van der Waals surface area contributed by atoms with Crippen molar-refractivity contribution in [2.24, 2.45) is 11.8 Å². The van der Waals surface area contributed by atoms with E-state index in [1.54, 1.807) is 0 Å². The highest BCUT2D eigenvalue weighted by atomic mass is 16.6. The summed E-state index contributed by atoms with van der Waals surface area (Å²) < 4.78 is 16.7. The molecule has 0 rings (SSSR count). The second-order valence-corrected chi connectivity index (χ2v) is 17.1. The largest absolute Gasteiger partial charge is 0.462 e. The molecule has 0 N–H and O–H groups in total. The molecule has 0 radical (unpaired) electrons.